The summed E-state index contributed by atoms with van der Waals surface area (Å²) in [6, 6.07) is 7.25. The molecule has 1 N–H and O–H groups in total. The summed E-state index contributed by atoms with van der Waals surface area (Å²) >= 11 is 0. The van der Waals surface area contributed by atoms with Crippen molar-refractivity contribution in [3.63, 3.8) is 0 Å². The van der Waals surface area contributed by atoms with Gasteiger partial charge in [-0.1, -0.05) is 12.1 Å². The maximum absolute atomic E-state index is 13.7. The van der Waals surface area contributed by atoms with Gasteiger partial charge in [-0.15, -0.1) is 10.2 Å². The van der Waals surface area contributed by atoms with Gasteiger partial charge in [0.1, 0.15) is 11.6 Å². The van der Waals surface area contributed by atoms with E-state index in [1.807, 2.05) is 11.6 Å². The molecule has 0 spiro atoms. The number of halogens is 1. The third kappa shape index (κ3) is 2.13. The summed E-state index contributed by atoms with van der Waals surface area (Å²) in [5.41, 5.74) is 0.491. The first-order valence-electron chi connectivity index (χ1n) is 6.12. The number of rotatable bonds is 4. The van der Waals surface area contributed by atoms with Gasteiger partial charge in [-0.25, -0.2) is 4.39 Å². The van der Waals surface area contributed by atoms with Crippen molar-refractivity contribution in [3.05, 3.63) is 35.9 Å². The quantitative estimate of drug-likeness (QED) is 0.895. The van der Waals surface area contributed by atoms with Crippen molar-refractivity contribution < 1.29 is 4.39 Å². The lowest BCUT2D eigenvalue weighted by Crippen LogP contribution is -2.18. The third-order valence-corrected chi connectivity index (χ3v) is 3.21. The average molecular weight is 246 g/mol. The van der Waals surface area contributed by atoms with E-state index in [-0.39, 0.29) is 5.82 Å². The molecule has 94 valence electrons. The predicted octanol–water partition coefficient (Wildman–Crippen LogP) is 1.87. The lowest BCUT2D eigenvalue weighted by molar-refractivity contribution is 0.624. The fraction of sp³-hybridized carbons (Fsp3) is 0.385. The summed E-state index contributed by atoms with van der Waals surface area (Å²) in [6.45, 7) is 0.683. The first kappa shape index (κ1) is 11.3. The first-order chi connectivity index (χ1) is 8.75. The van der Waals surface area contributed by atoms with Crippen molar-refractivity contribution in [2.24, 2.45) is 7.05 Å². The van der Waals surface area contributed by atoms with Crippen LogP contribution in [0.15, 0.2) is 24.3 Å². The Hall–Kier alpha value is -1.75. The lowest BCUT2D eigenvalue weighted by atomic mass is 10.2. The fourth-order valence-corrected chi connectivity index (χ4v) is 1.92. The molecule has 1 saturated carbocycles. The van der Waals surface area contributed by atoms with E-state index in [9.17, 15) is 4.39 Å². The Morgan fingerprint density at radius 1 is 1.33 bits per heavy atom. The first-order valence-corrected chi connectivity index (χ1v) is 6.12. The molecule has 1 aliphatic rings. The number of hydrogen-bond donors (Lipinski definition) is 1. The van der Waals surface area contributed by atoms with Gasteiger partial charge in [-0.05, 0) is 25.0 Å². The third-order valence-electron chi connectivity index (χ3n) is 3.21. The van der Waals surface area contributed by atoms with Crippen LogP contribution in [-0.4, -0.2) is 20.8 Å². The number of hydrogen-bond acceptors (Lipinski definition) is 3. The molecule has 0 bridgehead atoms. The molecule has 4 nitrogen and oxygen atoms in total. The average Bonchev–Trinajstić information content (AvgIpc) is 3.13. The predicted molar refractivity (Wildman–Crippen MR) is 66.3 cm³/mol. The highest BCUT2D eigenvalue weighted by Crippen LogP contribution is 2.22. The summed E-state index contributed by atoms with van der Waals surface area (Å²) in [4.78, 5) is 0. The van der Waals surface area contributed by atoms with E-state index in [0.717, 1.165) is 5.82 Å². The Balaban J connectivity index is 1.86. The molecule has 1 aromatic heterocycles. The second kappa shape index (κ2) is 4.49. The molecule has 5 heteroatoms. The van der Waals surface area contributed by atoms with Crippen LogP contribution in [0.4, 0.5) is 4.39 Å². The summed E-state index contributed by atoms with van der Waals surface area (Å²) < 4.78 is 15.5. The molecule has 1 aliphatic carbocycles. The van der Waals surface area contributed by atoms with E-state index in [4.69, 9.17) is 0 Å². The molecule has 0 atom stereocenters. The smallest absolute Gasteiger partial charge is 0.166 e. The van der Waals surface area contributed by atoms with E-state index >= 15 is 0 Å². The van der Waals surface area contributed by atoms with Crippen molar-refractivity contribution in [1.82, 2.24) is 20.1 Å². The van der Waals surface area contributed by atoms with Gasteiger partial charge in [0, 0.05) is 13.1 Å². The van der Waals surface area contributed by atoms with Gasteiger partial charge >= 0.3 is 0 Å². The van der Waals surface area contributed by atoms with Gasteiger partial charge in [0.2, 0.25) is 0 Å². The maximum Gasteiger partial charge on any atom is 0.166 e. The van der Waals surface area contributed by atoms with E-state index in [1.165, 1.54) is 18.9 Å². The Bertz CT molecular complexity index is 560. The minimum Gasteiger partial charge on any atom is -0.313 e. The number of nitrogens with zero attached hydrogens (tertiary/aromatic N) is 3. The number of aromatic nitrogens is 3. The second-order valence-corrected chi connectivity index (χ2v) is 4.63. The molecule has 1 heterocycles. The van der Waals surface area contributed by atoms with Crippen molar-refractivity contribution in [3.8, 4) is 11.4 Å². The highest BCUT2D eigenvalue weighted by Gasteiger charge is 2.21. The Kier molecular flexibility index (Phi) is 2.83. The molecule has 2 aromatic rings. The molecule has 1 fully saturated rings. The Morgan fingerprint density at radius 2 is 2.11 bits per heavy atom. The molecule has 0 saturated heterocycles. The highest BCUT2D eigenvalue weighted by atomic mass is 19.1. The molecule has 3 rings (SSSR count). The zero-order chi connectivity index (χ0) is 12.5. The van der Waals surface area contributed by atoms with Gasteiger partial charge in [0.05, 0.1) is 12.1 Å². The SMILES string of the molecule is Cn1c(CNC2CC2)nnc1-c1ccccc1F. The van der Waals surface area contributed by atoms with Crippen LogP contribution in [0.1, 0.15) is 18.7 Å². The van der Waals surface area contributed by atoms with Crippen LogP contribution < -0.4 is 5.32 Å². The van der Waals surface area contributed by atoms with Crippen LogP contribution in [0.25, 0.3) is 11.4 Å². The van der Waals surface area contributed by atoms with Crippen molar-refractivity contribution >= 4 is 0 Å². The number of benzene rings is 1. The molecule has 0 aliphatic heterocycles. The molecule has 0 unspecified atom stereocenters. The summed E-state index contributed by atoms with van der Waals surface area (Å²) in [6.07, 6.45) is 2.47. The molecular weight excluding hydrogens is 231 g/mol. The van der Waals surface area contributed by atoms with E-state index in [1.54, 1.807) is 18.2 Å². The van der Waals surface area contributed by atoms with Crippen LogP contribution >= 0.6 is 0 Å². The van der Waals surface area contributed by atoms with Crippen molar-refractivity contribution in [2.45, 2.75) is 25.4 Å². The van der Waals surface area contributed by atoms with Crippen LogP contribution in [0, 0.1) is 5.82 Å². The minimum absolute atomic E-state index is 0.269. The number of nitrogens with one attached hydrogen (secondary N) is 1. The minimum atomic E-state index is -0.269. The molecule has 0 radical (unpaired) electrons. The van der Waals surface area contributed by atoms with E-state index < -0.39 is 0 Å². The molecule has 0 amide bonds. The topological polar surface area (TPSA) is 42.7 Å². The Labute approximate surface area is 105 Å². The van der Waals surface area contributed by atoms with Crippen LogP contribution in [0.5, 0.6) is 0 Å². The van der Waals surface area contributed by atoms with Gasteiger partial charge in [-0.2, -0.15) is 0 Å². The van der Waals surface area contributed by atoms with Crippen molar-refractivity contribution in [2.75, 3.05) is 0 Å². The van der Waals surface area contributed by atoms with Gasteiger partial charge < -0.3 is 9.88 Å². The standard InChI is InChI=1S/C13H15FN4/c1-18-12(8-15-9-6-7-9)16-17-13(18)10-4-2-3-5-11(10)14/h2-5,9,15H,6-8H2,1H3. The molecule has 1 aromatic carbocycles. The van der Waals surface area contributed by atoms with Gasteiger partial charge in [0.15, 0.2) is 5.82 Å². The zero-order valence-corrected chi connectivity index (χ0v) is 10.2. The largest absolute Gasteiger partial charge is 0.313 e. The fourth-order valence-electron chi connectivity index (χ4n) is 1.92. The van der Waals surface area contributed by atoms with Crippen LogP contribution in [-0.2, 0) is 13.6 Å². The van der Waals surface area contributed by atoms with Crippen molar-refractivity contribution in [1.29, 1.82) is 0 Å². The maximum atomic E-state index is 13.7. The summed E-state index contributed by atoms with van der Waals surface area (Å²) in [7, 11) is 1.87. The van der Waals surface area contributed by atoms with E-state index in [0.29, 0.717) is 24.0 Å². The zero-order valence-electron chi connectivity index (χ0n) is 10.2. The lowest BCUT2D eigenvalue weighted by Gasteiger charge is -2.05. The van der Waals surface area contributed by atoms with Crippen LogP contribution in [0.2, 0.25) is 0 Å². The Morgan fingerprint density at radius 3 is 2.83 bits per heavy atom. The summed E-state index contributed by atoms with van der Waals surface area (Å²) in [5.74, 6) is 1.13. The second-order valence-electron chi connectivity index (χ2n) is 4.63. The monoisotopic (exact) mass is 246 g/mol. The highest BCUT2D eigenvalue weighted by molar-refractivity contribution is 5.55. The molecular formula is C13H15FN4. The van der Waals surface area contributed by atoms with Crippen LogP contribution in [0.3, 0.4) is 0 Å². The summed E-state index contributed by atoms with van der Waals surface area (Å²) in [5, 5.41) is 11.6. The van der Waals surface area contributed by atoms with Gasteiger partial charge in [0.25, 0.3) is 0 Å². The van der Waals surface area contributed by atoms with E-state index in [2.05, 4.69) is 15.5 Å². The molecule has 18 heavy (non-hydrogen) atoms. The normalized spacial score (nSPS) is 15.0. The van der Waals surface area contributed by atoms with Gasteiger partial charge in [-0.3, -0.25) is 0 Å².